The van der Waals surface area contributed by atoms with Gasteiger partial charge in [-0.05, 0) is 48.9 Å². The number of carbonyl (C=O) groups is 1. The van der Waals surface area contributed by atoms with E-state index in [1.165, 1.54) is 43.5 Å². The molecule has 25 heavy (non-hydrogen) atoms. The van der Waals surface area contributed by atoms with Gasteiger partial charge in [-0.15, -0.1) is 0 Å². The second kappa shape index (κ2) is 8.18. The minimum Gasteiger partial charge on any atom is -0.497 e. The number of hydrogen-bond donors (Lipinski definition) is 0. The summed E-state index contributed by atoms with van der Waals surface area (Å²) in [6.07, 6.45) is 0.978. The molecule has 0 atom stereocenters. The lowest BCUT2D eigenvalue weighted by Gasteiger charge is -2.11. The first-order valence-electron chi connectivity index (χ1n) is 7.42. The zero-order valence-corrected chi connectivity index (χ0v) is 15.3. The van der Waals surface area contributed by atoms with Crippen LogP contribution in [0.5, 0.6) is 5.75 Å². The van der Waals surface area contributed by atoms with E-state index in [1.54, 1.807) is 19.1 Å². The molecule has 0 bridgehead atoms. The molecule has 0 radical (unpaired) electrons. The van der Waals surface area contributed by atoms with Gasteiger partial charge < -0.3 is 9.47 Å². The maximum Gasteiger partial charge on any atom is 0.332 e. The third-order valence-electron chi connectivity index (χ3n) is 3.32. The summed E-state index contributed by atoms with van der Waals surface area (Å²) in [5.41, 5.74) is 0.341. The van der Waals surface area contributed by atoms with Crippen LogP contribution in [0, 0.1) is 0 Å². The van der Waals surface area contributed by atoms with Crippen molar-refractivity contribution in [3.63, 3.8) is 0 Å². The highest BCUT2D eigenvalue weighted by Crippen LogP contribution is 2.30. The molecule has 2 aromatic carbocycles. The molecule has 0 fully saturated rings. The number of ether oxygens (including phenoxy) is 2. The fourth-order valence-corrected chi connectivity index (χ4v) is 3.68. The molecule has 0 saturated heterocycles. The van der Waals surface area contributed by atoms with Crippen LogP contribution in [0.4, 0.5) is 0 Å². The van der Waals surface area contributed by atoms with E-state index < -0.39 is 15.8 Å². The predicted octanol–water partition coefficient (Wildman–Crippen LogP) is 3.73. The lowest BCUT2D eigenvalue weighted by molar-refractivity contribution is -0.137. The van der Waals surface area contributed by atoms with Crippen LogP contribution in [0.1, 0.15) is 12.5 Å². The lowest BCUT2D eigenvalue weighted by atomic mass is 10.2. The van der Waals surface area contributed by atoms with E-state index in [0.29, 0.717) is 16.3 Å². The number of sulfone groups is 1. The van der Waals surface area contributed by atoms with Gasteiger partial charge in [-0.3, -0.25) is 0 Å². The first-order chi connectivity index (χ1) is 11.9. The highest BCUT2D eigenvalue weighted by molar-refractivity contribution is 8.00. The Morgan fingerprint density at radius 1 is 1.08 bits per heavy atom. The van der Waals surface area contributed by atoms with Crippen molar-refractivity contribution in [2.24, 2.45) is 0 Å². The van der Waals surface area contributed by atoms with Crippen LogP contribution in [0.15, 0.2) is 59.5 Å². The quantitative estimate of drug-likeness (QED) is 0.564. The molecule has 0 heterocycles. The van der Waals surface area contributed by atoms with Crippen molar-refractivity contribution in [3.8, 4) is 5.75 Å². The molecule has 0 amide bonds. The molecule has 0 unspecified atom stereocenters. The topological polar surface area (TPSA) is 69.7 Å². The second-order valence-electron chi connectivity index (χ2n) is 4.95. The van der Waals surface area contributed by atoms with Crippen LogP contribution in [0.3, 0.4) is 0 Å². The number of benzene rings is 2. The highest BCUT2D eigenvalue weighted by Gasteiger charge is 2.24. The molecule has 0 aliphatic rings. The number of halogens is 1. The molecule has 0 aromatic heterocycles. The summed E-state index contributed by atoms with van der Waals surface area (Å²) >= 11 is 5.86. The van der Waals surface area contributed by atoms with E-state index in [9.17, 15) is 13.2 Å². The normalized spacial score (nSPS) is 11.9. The van der Waals surface area contributed by atoms with Gasteiger partial charge in [0.15, 0.2) is 0 Å². The van der Waals surface area contributed by atoms with E-state index in [4.69, 9.17) is 21.1 Å². The summed E-state index contributed by atoms with van der Waals surface area (Å²) in [6, 6.07) is 12.1. The van der Waals surface area contributed by atoms with E-state index in [2.05, 4.69) is 0 Å². The zero-order chi connectivity index (χ0) is 18.4. The van der Waals surface area contributed by atoms with Crippen molar-refractivity contribution in [1.29, 1.82) is 0 Å². The van der Waals surface area contributed by atoms with Gasteiger partial charge in [-0.1, -0.05) is 23.7 Å². The van der Waals surface area contributed by atoms with E-state index in [1.807, 2.05) is 0 Å². The Kier molecular flexibility index (Phi) is 6.22. The number of rotatable bonds is 6. The first kappa shape index (κ1) is 19.0. The molecule has 5 nitrogen and oxygen atoms in total. The largest absolute Gasteiger partial charge is 0.497 e. The minimum atomic E-state index is -3.94. The van der Waals surface area contributed by atoms with Crippen molar-refractivity contribution >= 4 is 32.3 Å². The molecular formula is C18H17ClO5S. The summed E-state index contributed by atoms with van der Waals surface area (Å²) in [5, 5.41) is 0.459. The Morgan fingerprint density at radius 2 is 1.68 bits per heavy atom. The Morgan fingerprint density at radius 3 is 2.20 bits per heavy atom. The molecular weight excluding hydrogens is 364 g/mol. The third-order valence-corrected chi connectivity index (χ3v) is 5.40. The van der Waals surface area contributed by atoms with E-state index >= 15 is 0 Å². The summed E-state index contributed by atoms with van der Waals surface area (Å²) < 4.78 is 35.9. The average Bonchev–Trinajstić information content (AvgIpc) is 2.61. The molecule has 0 spiro atoms. The van der Waals surface area contributed by atoms with Gasteiger partial charge in [-0.25, -0.2) is 13.2 Å². The number of esters is 1. The number of hydrogen-bond acceptors (Lipinski definition) is 5. The standard InChI is InChI=1S/C18H17ClO5S/c1-3-24-18(20)12-17(13-4-6-14(19)7-5-13)25(21,22)16-10-8-15(23-2)9-11-16/h4-12H,3H2,1-2H3/b17-12+. The van der Waals surface area contributed by atoms with Crippen LogP contribution in [-0.4, -0.2) is 28.1 Å². The van der Waals surface area contributed by atoms with Crippen molar-refractivity contribution in [1.82, 2.24) is 0 Å². The van der Waals surface area contributed by atoms with Crippen LogP contribution in [0.25, 0.3) is 4.91 Å². The summed E-state index contributed by atoms with van der Waals surface area (Å²) in [7, 11) is -2.45. The van der Waals surface area contributed by atoms with Crippen molar-refractivity contribution < 1.29 is 22.7 Å². The van der Waals surface area contributed by atoms with Crippen molar-refractivity contribution in [2.75, 3.05) is 13.7 Å². The van der Waals surface area contributed by atoms with Crippen molar-refractivity contribution in [2.45, 2.75) is 11.8 Å². The molecule has 7 heteroatoms. The van der Waals surface area contributed by atoms with E-state index in [-0.39, 0.29) is 16.4 Å². The van der Waals surface area contributed by atoms with Crippen LogP contribution >= 0.6 is 11.6 Å². The van der Waals surface area contributed by atoms with Gasteiger partial charge in [0.05, 0.1) is 23.5 Å². The average molecular weight is 381 g/mol. The Hall–Kier alpha value is -2.31. The molecule has 0 saturated carbocycles. The molecule has 2 rings (SSSR count). The predicted molar refractivity (Wildman–Crippen MR) is 96.2 cm³/mol. The maximum atomic E-state index is 13.0. The van der Waals surface area contributed by atoms with Crippen LogP contribution in [0.2, 0.25) is 5.02 Å². The monoisotopic (exact) mass is 380 g/mol. The van der Waals surface area contributed by atoms with Crippen LogP contribution < -0.4 is 4.74 Å². The SMILES string of the molecule is CCOC(=O)/C=C(\c1ccc(Cl)cc1)S(=O)(=O)c1ccc(OC)cc1. The zero-order valence-electron chi connectivity index (χ0n) is 13.7. The first-order valence-corrected chi connectivity index (χ1v) is 9.28. The fraction of sp³-hybridized carbons (Fsp3) is 0.167. The van der Waals surface area contributed by atoms with Crippen molar-refractivity contribution in [3.05, 3.63) is 65.2 Å². The van der Waals surface area contributed by atoms with Gasteiger partial charge in [-0.2, -0.15) is 0 Å². The summed E-state index contributed by atoms with van der Waals surface area (Å²) in [5.74, 6) is -0.203. The van der Waals surface area contributed by atoms with Gasteiger partial charge in [0, 0.05) is 11.1 Å². The van der Waals surface area contributed by atoms with Gasteiger partial charge in [0.1, 0.15) is 5.75 Å². The Labute approximate surface area is 151 Å². The Balaban J connectivity index is 2.56. The fourth-order valence-electron chi connectivity index (χ4n) is 2.10. The number of methoxy groups -OCH3 is 1. The van der Waals surface area contributed by atoms with E-state index in [0.717, 1.165) is 6.08 Å². The summed E-state index contributed by atoms with van der Waals surface area (Å²) in [4.78, 5) is 11.7. The number of carbonyl (C=O) groups excluding carboxylic acids is 1. The molecule has 0 aliphatic carbocycles. The Bertz CT molecular complexity index is 869. The lowest BCUT2D eigenvalue weighted by Crippen LogP contribution is -2.08. The van der Waals surface area contributed by atoms with Crippen LogP contribution in [-0.2, 0) is 19.4 Å². The smallest absolute Gasteiger partial charge is 0.332 e. The van der Waals surface area contributed by atoms with Gasteiger partial charge in [0.2, 0.25) is 9.84 Å². The highest BCUT2D eigenvalue weighted by atomic mass is 35.5. The summed E-state index contributed by atoms with van der Waals surface area (Å²) in [6.45, 7) is 1.79. The third kappa shape index (κ3) is 4.61. The molecule has 0 N–H and O–H groups in total. The van der Waals surface area contributed by atoms with Gasteiger partial charge in [0.25, 0.3) is 0 Å². The van der Waals surface area contributed by atoms with Gasteiger partial charge >= 0.3 is 5.97 Å². The minimum absolute atomic E-state index is 0.0406. The second-order valence-corrected chi connectivity index (χ2v) is 7.30. The molecule has 0 aliphatic heterocycles. The maximum absolute atomic E-state index is 13.0. The molecule has 2 aromatic rings. The molecule has 132 valence electrons.